The number of aromatic nitrogens is 2. The molecule has 1 unspecified atom stereocenters. The van der Waals surface area contributed by atoms with Crippen molar-refractivity contribution in [3.8, 4) is 0 Å². The van der Waals surface area contributed by atoms with Crippen LogP contribution in [0.25, 0.3) is 0 Å². The summed E-state index contributed by atoms with van der Waals surface area (Å²) in [6.45, 7) is 0.897. The average Bonchev–Trinajstić information content (AvgIpc) is 2.47. The van der Waals surface area contributed by atoms with Gasteiger partial charge < -0.3 is 10.3 Å². The number of aromatic amines is 1. The molecule has 0 aliphatic rings. The summed E-state index contributed by atoms with van der Waals surface area (Å²) >= 11 is 3.41. The van der Waals surface area contributed by atoms with Crippen LogP contribution in [0.15, 0.2) is 10.9 Å². The Bertz CT molecular complexity index is 258. The number of imidazole rings is 1. The first-order valence-electron chi connectivity index (χ1n) is 4.16. The molecule has 0 aliphatic carbocycles. The molecule has 1 aromatic heterocycles. The quantitative estimate of drug-likeness (QED) is 0.834. The largest absolute Gasteiger partial charge is 0.346 e. The second-order valence-corrected chi connectivity index (χ2v) is 3.90. The number of hydrogen-bond acceptors (Lipinski definition) is 3. The fraction of sp³-hybridized carbons (Fsp3) is 0.625. The van der Waals surface area contributed by atoms with Gasteiger partial charge in [-0.3, -0.25) is 4.90 Å². The van der Waals surface area contributed by atoms with Gasteiger partial charge in [0.1, 0.15) is 4.60 Å². The van der Waals surface area contributed by atoms with E-state index in [0.29, 0.717) is 6.04 Å². The first-order valence-corrected chi connectivity index (χ1v) is 4.96. The van der Waals surface area contributed by atoms with E-state index in [4.69, 9.17) is 0 Å². The van der Waals surface area contributed by atoms with Crippen LogP contribution >= 0.6 is 15.9 Å². The molecule has 0 radical (unpaired) electrons. The van der Waals surface area contributed by atoms with Crippen molar-refractivity contribution in [1.29, 1.82) is 0 Å². The summed E-state index contributed by atoms with van der Waals surface area (Å²) < 4.78 is 0.890. The van der Waals surface area contributed by atoms with Gasteiger partial charge in [-0.15, -0.1) is 0 Å². The number of halogens is 1. The molecule has 13 heavy (non-hydrogen) atoms. The molecule has 2 N–H and O–H groups in total. The average molecular weight is 247 g/mol. The Labute approximate surface area is 86.9 Å². The van der Waals surface area contributed by atoms with E-state index < -0.39 is 0 Å². The van der Waals surface area contributed by atoms with Crippen molar-refractivity contribution < 1.29 is 0 Å². The highest BCUT2D eigenvalue weighted by atomic mass is 79.9. The van der Waals surface area contributed by atoms with E-state index in [2.05, 4.69) is 50.2 Å². The lowest BCUT2D eigenvalue weighted by Crippen LogP contribution is -2.29. The van der Waals surface area contributed by atoms with Crippen molar-refractivity contribution >= 4 is 15.9 Å². The van der Waals surface area contributed by atoms with Gasteiger partial charge >= 0.3 is 0 Å². The second kappa shape index (κ2) is 4.74. The van der Waals surface area contributed by atoms with Crippen molar-refractivity contribution in [2.75, 3.05) is 27.7 Å². The molecule has 1 atom stereocenters. The lowest BCUT2D eigenvalue weighted by Gasteiger charge is -2.22. The highest BCUT2D eigenvalue weighted by Gasteiger charge is 2.17. The Hall–Kier alpha value is -0.390. The topological polar surface area (TPSA) is 44.0 Å². The maximum Gasteiger partial charge on any atom is 0.128 e. The van der Waals surface area contributed by atoms with E-state index >= 15 is 0 Å². The van der Waals surface area contributed by atoms with Crippen molar-refractivity contribution in [2.45, 2.75) is 6.04 Å². The zero-order chi connectivity index (χ0) is 9.84. The van der Waals surface area contributed by atoms with Crippen LogP contribution in [0.2, 0.25) is 0 Å². The van der Waals surface area contributed by atoms with Gasteiger partial charge in [0.25, 0.3) is 0 Å². The van der Waals surface area contributed by atoms with Crippen LogP contribution in [0, 0.1) is 0 Å². The summed E-state index contributed by atoms with van der Waals surface area (Å²) in [5.41, 5.74) is 1.11. The summed E-state index contributed by atoms with van der Waals surface area (Å²) in [7, 11) is 6.05. The van der Waals surface area contributed by atoms with Crippen molar-refractivity contribution in [1.82, 2.24) is 20.2 Å². The predicted octanol–water partition coefficient (Wildman–Crippen LogP) is 0.994. The molecule has 0 saturated carbocycles. The minimum atomic E-state index is 0.321. The lowest BCUT2D eigenvalue weighted by molar-refractivity contribution is 0.288. The molecule has 74 valence electrons. The molecule has 0 saturated heterocycles. The monoisotopic (exact) mass is 246 g/mol. The normalized spacial score (nSPS) is 13.6. The predicted molar refractivity (Wildman–Crippen MR) is 56.6 cm³/mol. The molecule has 0 amide bonds. The maximum atomic E-state index is 4.11. The fourth-order valence-electron chi connectivity index (χ4n) is 1.26. The van der Waals surface area contributed by atoms with Crippen molar-refractivity contribution in [3.05, 3.63) is 16.6 Å². The van der Waals surface area contributed by atoms with E-state index in [1.165, 1.54) is 0 Å². The summed E-state index contributed by atoms with van der Waals surface area (Å²) in [6.07, 6.45) is 1.70. The molecular formula is C8H15BrN4. The van der Waals surface area contributed by atoms with E-state index in [9.17, 15) is 0 Å². The smallest absolute Gasteiger partial charge is 0.128 e. The van der Waals surface area contributed by atoms with Crippen LogP contribution in [0.1, 0.15) is 11.7 Å². The Morgan fingerprint density at radius 3 is 2.77 bits per heavy atom. The Morgan fingerprint density at radius 2 is 2.38 bits per heavy atom. The summed E-state index contributed by atoms with van der Waals surface area (Å²) in [5.74, 6) is 0. The molecule has 5 heteroatoms. The molecule has 4 nitrogen and oxygen atoms in total. The third kappa shape index (κ3) is 2.52. The number of rotatable bonds is 4. The molecule has 1 aromatic rings. The van der Waals surface area contributed by atoms with Gasteiger partial charge in [-0.25, -0.2) is 4.98 Å². The van der Waals surface area contributed by atoms with E-state index in [1.54, 1.807) is 6.33 Å². The maximum absolute atomic E-state index is 4.11. The van der Waals surface area contributed by atoms with Crippen LogP contribution in [0.4, 0.5) is 0 Å². The Morgan fingerprint density at radius 1 is 1.69 bits per heavy atom. The van der Waals surface area contributed by atoms with E-state index in [0.717, 1.165) is 16.8 Å². The SMILES string of the molecule is CNCC(c1[nH]cnc1Br)N(C)C. The molecule has 0 bridgehead atoms. The minimum Gasteiger partial charge on any atom is -0.346 e. The van der Waals surface area contributed by atoms with Crippen LogP contribution in [-0.2, 0) is 0 Å². The van der Waals surface area contributed by atoms with Gasteiger partial charge in [0.15, 0.2) is 0 Å². The molecule has 0 aromatic carbocycles. The molecule has 0 aliphatic heterocycles. The van der Waals surface area contributed by atoms with Crippen LogP contribution in [0.5, 0.6) is 0 Å². The van der Waals surface area contributed by atoms with Gasteiger partial charge in [-0.2, -0.15) is 0 Å². The molecule has 0 spiro atoms. The minimum absolute atomic E-state index is 0.321. The Balaban J connectivity index is 2.82. The molecular weight excluding hydrogens is 232 g/mol. The number of nitrogens with one attached hydrogen (secondary N) is 2. The third-order valence-corrected chi connectivity index (χ3v) is 2.61. The van der Waals surface area contributed by atoms with E-state index in [-0.39, 0.29) is 0 Å². The number of nitrogens with zero attached hydrogens (tertiary/aromatic N) is 2. The van der Waals surface area contributed by atoms with E-state index in [1.807, 2.05) is 7.05 Å². The van der Waals surface area contributed by atoms with Crippen molar-refractivity contribution in [3.63, 3.8) is 0 Å². The Kier molecular flexibility index (Phi) is 3.90. The zero-order valence-electron chi connectivity index (χ0n) is 8.13. The van der Waals surface area contributed by atoms with Gasteiger partial charge in [0, 0.05) is 6.54 Å². The van der Waals surface area contributed by atoms with Gasteiger partial charge in [0.2, 0.25) is 0 Å². The fourth-order valence-corrected chi connectivity index (χ4v) is 1.74. The summed E-state index contributed by atoms with van der Waals surface area (Å²) in [6, 6.07) is 0.321. The highest BCUT2D eigenvalue weighted by molar-refractivity contribution is 9.10. The first-order chi connectivity index (χ1) is 6.16. The number of likely N-dealkylation sites (N-methyl/N-ethyl adjacent to an activating group) is 2. The molecule has 1 heterocycles. The standard InChI is InChI=1S/C8H15BrN4/c1-10-4-6(13(2)3)7-8(9)12-5-11-7/h5-6,10H,4H2,1-3H3,(H,11,12). The second-order valence-electron chi connectivity index (χ2n) is 3.14. The van der Waals surface area contributed by atoms with Crippen LogP contribution in [-0.4, -0.2) is 42.6 Å². The third-order valence-electron chi connectivity index (χ3n) is 1.97. The van der Waals surface area contributed by atoms with Crippen molar-refractivity contribution in [2.24, 2.45) is 0 Å². The zero-order valence-corrected chi connectivity index (χ0v) is 9.72. The first kappa shape index (κ1) is 10.7. The van der Waals surface area contributed by atoms with Gasteiger partial charge in [0.05, 0.1) is 18.1 Å². The van der Waals surface area contributed by atoms with Crippen LogP contribution < -0.4 is 5.32 Å². The summed E-state index contributed by atoms with van der Waals surface area (Å²) in [4.78, 5) is 9.39. The summed E-state index contributed by atoms with van der Waals surface area (Å²) in [5, 5.41) is 3.15. The molecule has 1 rings (SSSR count). The highest BCUT2D eigenvalue weighted by Crippen LogP contribution is 2.22. The van der Waals surface area contributed by atoms with Crippen LogP contribution in [0.3, 0.4) is 0 Å². The number of hydrogen-bond donors (Lipinski definition) is 2. The van der Waals surface area contributed by atoms with Gasteiger partial charge in [-0.05, 0) is 37.1 Å². The van der Waals surface area contributed by atoms with Gasteiger partial charge in [-0.1, -0.05) is 0 Å². The lowest BCUT2D eigenvalue weighted by atomic mass is 10.2. The molecule has 0 fully saturated rings. The number of H-pyrrole nitrogens is 1.